The average molecular weight is 204 g/mol. The number of anilines is 1. The van der Waals surface area contributed by atoms with E-state index in [1.165, 1.54) is 5.69 Å². The quantitative estimate of drug-likeness (QED) is 0.727. The molecule has 0 aliphatic carbocycles. The first kappa shape index (κ1) is 11.6. The highest BCUT2D eigenvalue weighted by Crippen LogP contribution is 2.17. The molecule has 15 heavy (non-hydrogen) atoms. The van der Waals surface area contributed by atoms with Crippen LogP contribution in [0.25, 0.3) is 0 Å². The Morgan fingerprint density at radius 3 is 2.13 bits per heavy atom. The molecule has 1 aromatic rings. The molecular formula is C13H20N2. The summed E-state index contributed by atoms with van der Waals surface area (Å²) in [4.78, 5) is 4.36. The molecule has 0 amide bonds. The Kier molecular flexibility index (Phi) is 4.22. The summed E-state index contributed by atoms with van der Waals surface area (Å²) in [6.07, 6.45) is 0. The van der Waals surface area contributed by atoms with E-state index in [1.807, 2.05) is 18.2 Å². The molecule has 1 aromatic carbocycles. The Morgan fingerprint density at radius 2 is 1.67 bits per heavy atom. The monoisotopic (exact) mass is 204 g/mol. The van der Waals surface area contributed by atoms with Gasteiger partial charge in [0.05, 0.1) is 0 Å². The minimum atomic E-state index is 0.993. The van der Waals surface area contributed by atoms with Gasteiger partial charge < -0.3 is 9.80 Å². The summed E-state index contributed by atoms with van der Waals surface area (Å²) in [5, 5.41) is 0. The molecule has 0 aliphatic heterocycles. The molecule has 0 aliphatic rings. The first-order valence-corrected chi connectivity index (χ1v) is 5.43. The van der Waals surface area contributed by atoms with Gasteiger partial charge in [-0.3, -0.25) is 0 Å². The molecule has 1 rings (SSSR count). The van der Waals surface area contributed by atoms with Gasteiger partial charge in [-0.25, -0.2) is 0 Å². The van der Waals surface area contributed by atoms with E-state index < -0.39 is 0 Å². The lowest BCUT2D eigenvalue weighted by Crippen LogP contribution is -2.32. The van der Waals surface area contributed by atoms with Crippen LogP contribution in [0.1, 0.15) is 13.8 Å². The maximum absolute atomic E-state index is 4.12. The maximum Gasteiger partial charge on any atom is 0.101 e. The second-order valence-corrected chi connectivity index (χ2v) is 3.48. The Hall–Kier alpha value is -1.44. The van der Waals surface area contributed by atoms with Gasteiger partial charge >= 0.3 is 0 Å². The van der Waals surface area contributed by atoms with Crippen molar-refractivity contribution >= 4 is 5.69 Å². The lowest BCUT2D eigenvalue weighted by Gasteiger charge is -2.31. The van der Waals surface area contributed by atoms with E-state index in [9.17, 15) is 0 Å². The molecule has 0 N–H and O–H groups in total. The Bertz CT molecular complexity index is 302. The number of benzene rings is 1. The predicted octanol–water partition coefficient (Wildman–Crippen LogP) is 2.94. The third kappa shape index (κ3) is 2.75. The van der Waals surface area contributed by atoms with Crippen LogP contribution in [0.5, 0.6) is 0 Å². The lowest BCUT2D eigenvalue weighted by molar-refractivity contribution is 0.375. The topological polar surface area (TPSA) is 6.48 Å². The Labute approximate surface area is 92.8 Å². The number of hydrogen-bond donors (Lipinski definition) is 0. The third-order valence-corrected chi connectivity index (χ3v) is 2.66. The van der Waals surface area contributed by atoms with E-state index in [0.29, 0.717) is 0 Å². The second kappa shape index (κ2) is 5.44. The van der Waals surface area contributed by atoms with Crippen LogP contribution in [0.3, 0.4) is 0 Å². The summed E-state index contributed by atoms with van der Waals surface area (Å²) >= 11 is 0. The van der Waals surface area contributed by atoms with Gasteiger partial charge in [-0.05, 0) is 26.0 Å². The van der Waals surface area contributed by atoms with Crippen molar-refractivity contribution in [1.82, 2.24) is 4.90 Å². The minimum Gasteiger partial charge on any atom is -0.359 e. The zero-order chi connectivity index (χ0) is 11.3. The summed E-state index contributed by atoms with van der Waals surface area (Å²) in [5.41, 5.74) is 1.18. The SMILES string of the molecule is C=C(N(CC)CC)N(C)c1ccccc1. The van der Waals surface area contributed by atoms with Crippen molar-refractivity contribution in [1.29, 1.82) is 0 Å². The zero-order valence-corrected chi connectivity index (χ0v) is 9.90. The highest BCUT2D eigenvalue weighted by Gasteiger charge is 2.09. The smallest absolute Gasteiger partial charge is 0.101 e. The highest BCUT2D eigenvalue weighted by molar-refractivity contribution is 5.49. The molecule has 0 atom stereocenters. The summed E-state index contributed by atoms with van der Waals surface area (Å²) in [5.74, 6) is 1.05. The van der Waals surface area contributed by atoms with Crippen LogP contribution in [0.4, 0.5) is 5.69 Å². The second-order valence-electron chi connectivity index (χ2n) is 3.48. The van der Waals surface area contributed by atoms with Gasteiger partial charge in [0.1, 0.15) is 5.82 Å². The molecule has 0 spiro atoms. The summed E-state index contributed by atoms with van der Waals surface area (Å²) in [7, 11) is 2.05. The molecule has 2 heteroatoms. The first-order chi connectivity index (χ1) is 7.20. The molecular weight excluding hydrogens is 184 g/mol. The number of nitrogens with zero attached hydrogens (tertiary/aromatic N) is 2. The van der Waals surface area contributed by atoms with Crippen molar-refractivity contribution in [3.05, 3.63) is 42.7 Å². The van der Waals surface area contributed by atoms with Crippen molar-refractivity contribution in [2.24, 2.45) is 0 Å². The van der Waals surface area contributed by atoms with Gasteiger partial charge in [-0.2, -0.15) is 0 Å². The molecule has 2 nitrogen and oxygen atoms in total. The van der Waals surface area contributed by atoms with Crippen molar-refractivity contribution < 1.29 is 0 Å². The van der Waals surface area contributed by atoms with Crippen LogP contribution >= 0.6 is 0 Å². The Balaban J connectivity index is 2.76. The van der Waals surface area contributed by atoms with E-state index in [2.05, 4.69) is 49.4 Å². The molecule has 0 bridgehead atoms. The number of rotatable bonds is 5. The van der Waals surface area contributed by atoms with Crippen molar-refractivity contribution in [2.45, 2.75) is 13.8 Å². The first-order valence-electron chi connectivity index (χ1n) is 5.43. The van der Waals surface area contributed by atoms with Gasteiger partial charge in [0, 0.05) is 25.8 Å². The van der Waals surface area contributed by atoms with E-state index >= 15 is 0 Å². The van der Waals surface area contributed by atoms with E-state index in [0.717, 1.165) is 18.9 Å². The van der Waals surface area contributed by atoms with Crippen LogP contribution in [0.2, 0.25) is 0 Å². The fourth-order valence-corrected chi connectivity index (χ4v) is 1.60. The van der Waals surface area contributed by atoms with E-state index in [-0.39, 0.29) is 0 Å². The average Bonchev–Trinajstić information content (AvgIpc) is 2.30. The fraction of sp³-hybridized carbons (Fsp3) is 0.385. The molecule has 0 heterocycles. The Morgan fingerprint density at radius 1 is 1.13 bits per heavy atom. The summed E-state index contributed by atoms with van der Waals surface area (Å²) in [6.45, 7) is 10.4. The molecule has 0 unspecified atom stereocenters. The van der Waals surface area contributed by atoms with Crippen molar-refractivity contribution in [3.63, 3.8) is 0 Å². The molecule has 0 fully saturated rings. The summed E-state index contributed by atoms with van der Waals surface area (Å²) in [6, 6.07) is 10.3. The fourth-order valence-electron chi connectivity index (χ4n) is 1.60. The summed E-state index contributed by atoms with van der Waals surface area (Å²) < 4.78 is 0. The van der Waals surface area contributed by atoms with Crippen molar-refractivity contribution in [3.8, 4) is 0 Å². The van der Waals surface area contributed by atoms with Crippen LogP contribution < -0.4 is 4.90 Å². The van der Waals surface area contributed by atoms with E-state index in [4.69, 9.17) is 0 Å². The van der Waals surface area contributed by atoms with Gasteiger partial charge in [0.25, 0.3) is 0 Å². The molecule has 82 valence electrons. The van der Waals surface area contributed by atoms with Crippen LogP contribution in [-0.4, -0.2) is 25.0 Å². The van der Waals surface area contributed by atoms with Gasteiger partial charge in [-0.1, -0.05) is 24.8 Å². The number of para-hydroxylation sites is 1. The van der Waals surface area contributed by atoms with E-state index in [1.54, 1.807) is 0 Å². The number of hydrogen-bond acceptors (Lipinski definition) is 2. The zero-order valence-electron chi connectivity index (χ0n) is 9.90. The minimum absolute atomic E-state index is 0.993. The van der Waals surface area contributed by atoms with Gasteiger partial charge in [0.2, 0.25) is 0 Å². The molecule has 0 saturated heterocycles. The van der Waals surface area contributed by atoms with Crippen molar-refractivity contribution in [2.75, 3.05) is 25.0 Å². The highest BCUT2D eigenvalue weighted by atomic mass is 15.3. The normalized spacial score (nSPS) is 9.80. The third-order valence-electron chi connectivity index (χ3n) is 2.66. The standard InChI is InChI=1S/C13H20N2/c1-5-15(6-2)12(3)14(4)13-10-8-7-9-11-13/h7-11H,3,5-6H2,1-2,4H3. The molecule has 0 aromatic heterocycles. The molecule has 0 radical (unpaired) electrons. The van der Waals surface area contributed by atoms with Crippen LogP contribution in [0, 0.1) is 0 Å². The van der Waals surface area contributed by atoms with Crippen LogP contribution in [0.15, 0.2) is 42.7 Å². The largest absolute Gasteiger partial charge is 0.359 e. The molecule has 0 saturated carbocycles. The van der Waals surface area contributed by atoms with Gasteiger partial charge in [0.15, 0.2) is 0 Å². The maximum atomic E-state index is 4.12. The van der Waals surface area contributed by atoms with Gasteiger partial charge in [-0.15, -0.1) is 0 Å². The lowest BCUT2D eigenvalue weighted by atomic mass is 10.3. The van der Waals surface area contributed by atoms with Crippen LogP contribution in [-0.2, 0) is 0 Å². The predicted molar refractivity (Wildman–Crippen MR) is 66.9 cm³/mol.